The number of fused-ring (bicyclic) bond motifs is 3. The first kappa shape index (κ1) is 23.9. The van der Waals surface area contributed by atoms with Gasteiger partial charge in [-0.25, -0.2) is 9.78 Å². The number of benzene rings is 2. The van der Waals surface area contributed by atoms with Crippen LogP contribution in [0.3, 0.4) is 0 Å². The molecule has 180 valence electrons. The van der Waals surface area contributed by atoms with Crippen LogP contribution in [0, 0.1) is 5.92 Å². The van der Waals surface area contributed by atoms with Crippen molar-refractivity contribution in [2.24, 2.45) is 5.92 Å². The van der Waals surface area contributed by atoms with Crippen molar-refractivity contribution in [2.45, 2.75) is 32.2 Å². The Balaban J connectivity index is 1.44. The van der Waals surface area contributed by atoms with Gasteiger partial charge in [0.1, 0.15) is 6.61 Å². The summed E-state index contributed by atoms with van der Waals surface area (Å²) in [6.45, 7) is 3.78. The van der Waals surface area contributed by atoms with Gasteiger partial charge in [-0.15, -0.1) is 0 Å². The fourth-order valence-electron chi connectivity index (χ4n) is 4.31. The lowest BCUT2D eigenvalue weighted by Crippen LogP contribution is -2.40. The smallest absolute Gasteiger partial charge is 0.411 e. The van der Waals surface area contributed by atoms with Crippen LogP contribution in [0.1, 0.15) is 47.8 Å². The third-order valence-electron chi connectivity index (χ3n) is 6.12. The minimum absolute atomic E-state index is 0.0166. The molecule has 1 heterocycles. The molecular formula is C27H27N3O5. The molecule has 2 aromatic carbocycles. The lowest BCUT2D eigenvalue weighted by atomic mass is 9.98. The van der Waals surface area contributed by atoms with Gasteiger partial charge in [0.15, 0.2) is 5.69 Å². The number of ether oxygens (including phenoxy) is 1. The molecule has 3 N–H and O–H groups in total. The molecule has 8 nitrogen and oxygen atoms in total. The number of nitrogens with zero attached hydrogens (tertiary/aromatic N) is 1. The fraction of sp³-hybridized carbons (Fsp3) is 0.259. The van der Waals surface area contributed by atoms with E-state index in [1.165, 1.54) is 6.20 Å². The number of nitrogens with one attached hydrogen (secondary N) is 2. The van der Waals surface area contributed by atoms with E-state index >= 15 is 0 Å². The molecule has 1 aliphatic rings. The van der Waals surface area contributed by atoms with Gasteiger partial charge in [-0.3, -0.25) is 14.9 Å². The molecule has 0 saturated heterocycles. The van der Waals surface area contributed by atoms with Gasteiger partial charge in [0.05, 0.1) is 12.1 Å². The zero-order valence-electron chi connectivity index (χ0n) is 19.5. The molecule has 1 aliphatic carbocycles. The van der Waals surface area contributed by atoms with Crippen LogP contribution in [0.25, 0.3) is 11.1 Å². The Morgan fingerprint density at radius 2 is 1.60 bits per heavy atom. The molecule has 0 saturated carbocycles. The average molecular weight is 474 g/mol. The number of aromatic nitrogens is 1. The number of carbonyl (C=O) groups excluding carboxylic acids is 2. The van der Waals surface area contributed by atoms with E-state index in [4.69, 9.17) is 9.84 Å². The highest BCUT2D eigenvalue weighted by molar-refractivity contribution is 6.01. The van der Waals surface area contributed by atoms with E-state index in [-0.39, 0.29) is 36.2 Å². The van der Waals surface area contributed by atoms with Gasteiger partial charge in [0, 0.05) is 18.2 Å². The Kier molecular flexibility index (Phi) is 7.10. The lowest BCUT2D eigenvalue weighted by molar-refractivity contribution is -0.137. The number of anilines is 1. The van der Waals surface area contributed by atoms with E-state index in [0.717, 1.165) is 22.3 Å². The van der Waals surface area contributed by atoms with Crippen LogP contribution in [0.2, 0.25) is 0 Å². The highest BCUT2D eigenvalue weighted by atomic mass is 16.5. The zero-order chi connectivity index (χ0) is 24.9. The molecule has 0 bridgehead atoms. The molecule has 1 atom stereocenters. The number of amides is 2. The molecule has 8 heteroatoms. The second kappa shape index (κ2) is 10.4. The van der Waals surface area contributed by atoms with Gasteiger partial charge >= 0.3 is 12.1 Å². The van der Waals surface area contributed by atoms with E-state index in [0.29, 0.717) is 0 Å². The van der Waals surface area contributed by atoms with Crippen LogP contribution < -0.4 is 10.6 Å². The first-order valence-electron chi connectivity index (χ1n) is 11.4. The summed E-state index contributed by atoms with van der Waals surface area (Å²) >= 11 is 0. The largest absolute Gasteiger partial charge is 0.481 e. The lowest BCUT2D eigenvalue weighted by Gasteiger charge is -2.21. The number of aliphatic carboxylic acids is 1. The summed E-state index contributed by atoms with van der Waals surface area (Å²) in [5.41, 5.74) is 4.62. The first-order valence-corrected chi connectivity index (χ1v) is 11.4. The van der Waals surface area contributed by atoms with Gasteiger partial charge in [-0.2, -0.15) is 0 Å². The van der Waals surface area contributed by atoms with Gasteiger partial charge in [-0.05, 0) is 40.3 Å². The summed E-state index contributed by atoms with van der Waals surface area (Å²) in [6, 6.07) is 18.6. The fourth-order valence-corrected chi connectivity index (χ4v) is 4.31. The summed E-state index contributed by atoms with van der Waals surface area (Å²) in [4.78, 5) is 40.7. The minimum atomic E-state index is -1.01. The highest BCUT2D eigenvalue weighted by Gasteiger charge is 2.29. The Morgan fingerprint density at radius 3 is 2.20 bits per heavy atom. The molecule has 4 rings (SSSR count). The molecule has 1 unspecified atom stereocenters. The number of carboxylic acid groups (broad SMARTS) is 1. The van der Waals surface area contributed by atoms with E-state index in [1.54, 1.807) is 12.1 Å². The number of rotatable bonds is 8. The summed E-state index contributed by atoms with van der Waals surface area (Å²) in [5, 5.41) is 14.4. The molecule has 35 heavy (non-hydrogen) atoms. The topological polar surface area (TPSA) is 118 Å². The van der Waals surface area contributed by atoms with Gasteiger partial charge in [-0.1, -0.05) is 62.4 Å². The van der Waals surface area contributed by atoms with Crippen molar-refractivity contribution < 1.29 is 24.2 Å². The van der Waals surface area contributed by atoms with Crippen molar-refractivity contribution in [3.63, 3.8) is 0 Å². The summed E-state index contributed by atoms with van der Waals surface area (Å²) in [6.07, 6.45) is 0.505. The van der Waals surface area contributed by atoms with Crippen LogP contribution in [0.5, 0.6) is 0 Å². The van der Waals surface area contributed by atoms with Crippen molar-refractivity contribution in [1.29, 1.82) is 0 Å². The second-order valence-corrected chi connectivity index (χ2v) is 8.77. The Morgan fingerprint density at radius 1 is 0.971 bits per heavy atom. The number of hydrogen-bond donors (Lipinski definition) is 3. The SMILES string of the molecule is CC(C)C(CC(=O)O)NC(=O)c1ncccc1NC(=O)OCC1c2ccccc2-c2ccccc21. The first-order chi connectivity index (χ1) is 16.8. The number of carbonyl (C=O) groups is 3. The number of pyridine rings is 1. The Hall–Kier alpha value is -4.20. The third-order valence-corrected chi connectivity index (χ3v) is 6.12. The third kappa shape index (κ3) is 5.32. The van der Waals surface area contributed by atoms with Crippen molar-refractivity contribution >= 4 is 23.7 Å². The van der Waals surface area contributed by atoms with Gasteiger partial charge in [0.2, 0.25) is 0 Å². The predicted molar refractivity (Wildman–Crippen MR) is 131 cm³/mol. The summed E-state index contributed by atoms with van der Waals surface area (Å²) < 4.78 is 5.56. The quantitative estimate of drug-likeness (QED) is 0.438. The van der Waals surface area contributed by atoms with Crippen molar-refractivity contribution in [3.05, 3.63) is 83.7 Å². The van der Waals surface area contributed by atoms with Crippen LogP contribution in [-0.4, -0.2) is 40.7 Å². The number of carboxylic acids is 1. The van der Waals surface area contributed by atoms with Gasteiger partial charge in [0.25, 0.3) is 5.91 Å². The van der Waals surface area contributed by atoms with E-state index < -0.39 is 24.0 Å². The van der Waals surface area contributed by atoms with E-state index in [1.807, 2.05) is 50.2 Å². The molecule has 0 fully saturated rings. The molecule has 2 amide bonds. The molecule has 0 spiro atoms. The molecular weight excluding hydrogens is 446 g/mol. The predicted octanol–water partition coefficient (Wildman–Crippen LogP) is 4.67. The normalized spacial score (nSPS) is 13.0. The molecule has 0 aliphatic heterocycles. The van der Waals surface area contributed by atoms with Crippen molar-refractivity contribution in [3.8, 4) is 11.1 Å². The highest BCUT2D eigenvalue weighted by Crippen LogP contribution is 2.44. The van der Waals surface area contributed by atoms with Crippen LogP contribution >= 0.6 is 0 Å². The van der Waals surface area contributed by atoms with Crippen LogP contribution in [0.4, 0.5) is 10.5 Å². The maximum absolute atomic E-state index is 12.8. The van der Waals surface area contributed by atoms with Crippen molar-refractivity contribution in [1.82, 2.24) is 10.3 Å². The molecule has 1 aromatic heterocycles. The van der Waals surface area contributed by atoms with E-state index in [2.05, 4.69) is 27.8 Å². The maximum atomic E-state index is 12.8. The standard InChI is InChI=1S/C27H27N3O5/c1-16(2)23(14-24(31)32)29-26(33)25-22(12-7-13-28-25)30-27(34)35-15-21-19-10-5-3-8-17(19)18-9-4-6-11-20(18)21/h3-13,16,21,23H,14-15H2,1-2H3,(H,29,33)(H,30,34)(H,31,32). The Labute approximate surface area is 203 Å². The second-order valence-electron chi connectivity index (χ2n) is 8.77. The van der Waals surface area contributed by atoms with E-state index in [9.17, 15) is 14.4 Å². The zero-order valence-corrected chi connectivity index (χ0v) is 19.5. The Bertz CT molecular complexity index is 1210. The summed E-state index contributed by atoms with van der Waals surface area (Å²) in [7, 11) is 0. The monoisotopic (exact) mass is 473 g/mol. The molecule has 3 aromatic rings. The molecule has 0 radical (unpaired) electrons. The van der Waals surface area contributed by atoms with Gasteiger partial charge < -0.3 is 15.2 Å². The van der Waals surface area contributed by atoms with Crippen LogP contribution in [0.15, 0.2) is 66.9 Å². The van der Waals surface area contributed by atoms with Crippen LogP contribution in [-0.2, 0) is 9.53 Å². The minimum Gasteiger partial charge on any atom is -0.481 e. The maximum Gasteiger partial charge on any atom is 0.411 e. The summed E-state index contributed by atoms with van der Waals surface area (Å²) in [5.74, 6) is -1.77. The van der Waals surface area contributed by atoms with Crippen molar-refractivity contribution in [2.75, 3.05) is 11.9 Å². The average Bonchev–Trinajstić information content (AvgIpc) is 3.16. The number of hydrogen-bond acceptors (Lipinski definition) is 5.